The van der Waals surface area contributed by atoms with Crippen LogP contribution in [0.15, 0.2) is 86.9 Å². The fraction of sp³-hybridized carbons (Fsp3) is 0.0455. The Hall–Kier alpha value is -2.55. The lowest BCUT2D eigenvalue weighted by molar-refractivity contribution is 0.602. The molecular formula is C22H15F2NO2S3. The van der Waals surface area contributed by atoms with Gasteiger partial charge in [0.05, 0.1) is 15.5 Å². The van der Waals surface area contributed by atoms with Gasteiger partial charge in [-0.15, -0.1) is 11.3 Å². The lowest BCUT2D eigenvalue weighted by Crippen LogP contribution is -1.99. The van der Waals surface area contributed by atoms with Crippen LogP contribution >= 0.6 is 23.1 Å². The number of sulfone groups is 1. The zero-order valence-electron chi connectivity index (χ0n) is 15.7. The van der Waals surface area contributed by atoms with Crippen molar-refractivity contribution >= 4 is 32.9 Å². The molecule has 0 fully saturated rings. The van der Waals surface area contributed by atoms with E-state index in [0.29, 0.717) is 30.9 Å². The Morgan fingerprint density at radius 3 is 2.33 bits per heavy atom. The Morgan fingerprint density at radius 1 is 0.900 bits per heavy atom. The first-order valence-corrected chi connectivity index (χ1v) is 12.3. The molecule has 3 aromatic carbocycles. The second kappa shape index (κ2) is 8.29. The van der Waals surface area contributed by atoms with E-state index in [1.165, 1.54) is 47.4 Å². The van der Waals surface area contributed by atoms with Crippen LogP contribution in [-0.2, 0) is 9.84 Å². The van der Waals surface area contributed by atoms with Crippen molar-refractivity contribution in [1.29, 1.82) is 0 Å². The van der Waals surface area contributed by atoms with Gasteiger partial charge < -0.3 is 0 Å². The average Bonchev–Trinajstić information content (AvgIpc) is 3.11. The first kappa shape index (κ1) is 20.7. The van der Waals surface area contributed by atoms with Crippen LogP contribution in [0.3, 0.4) is 0 Å². The van der Waals surface area contributed by atoms with E-state index in [2.05, 4.69) is 4.98 Å². The molecule has 0 saturated heterocycles. The predicted octanol–water partition coefficient (Wildman–Crippen LogP) is 6.31. The Kier molecular flexibility index (Phi) is 5.73. The van der Waals surface area contributed by atoms with Crippen LogP contribution in [0, 0.1) is 11.6 Å². The predicted molar refractivity (Wildman–Crippen MR) is 117 cm³/mol. The van der Waals surface area contributed by atoms with Crippen LogP contribution in [0.25, 0.3) is 21.7 Å². The molecule has 0 amide bonds. The number of hydrogen-bond acceptors (Lipinski definition) is 5. The van der Waals surface area contributed by atoms with E-state index in [0.717, 1.165) is 6.26 Å². The number of benzene rings is 3. The molecule has 4 rings (SSSR count). The van der Waals surface area contributed by atoms with Gasteiger partial charge in [0.2, 0.25) is 0 Å². The maximum absolute atomic E-state index is 13.6. The lowest BCUT2D eigenvalue weighted by atomic mass is 10.1. The summed E-state index contributed by atoms with van der Waals surface area (Å²) in [5, 5.41) is 0. The van der Waals surface area contributed by atoms with Crippen LogP contribution < -0.4 is 0 Å². The van der Waals surface area contributed by atoms with Crippen molar-refractivity contribution < 1.29 is 17.2 Å². The summed E-state index contributed by atoms with van der Waals surface area (Å²) in [6.45, 7) is 0. The van der Waals surface area contributed by atoms with E-state index in [-0.39, 0.29) is 16.5 Å². The summed E-state index contributed by atoms with van der Waals surface area (Å²) in [6, 6.07) is 18.8. The highest BCUT2D eigenvalue weighted by Crippen LogP contribution is 2.44. The molecule has 0 spiro atoms. The molecule has 152 valence electrons. The summed E-state index contributed by atoms with van der Waals surface area (Å²) in [5.41, 5.74) is 1.75. The third kappa shape index (κ3) is 4.45. The minimum Gasteiger partial charge on any atom is -0.229 e. The first-order chi connectivity index (χ1) is 14.3. The topological polar surface area (TPSA) is 47.0 Å². The molecule has 0 radical (unpaired) electrons. The molecule has 0 aliphatic carbocycles. The number of rotatable bonds is 5. The van der Waals surface area contributed by atoms with Gasteiger partial charge in [0, 0.05) is 22.3 Å². The molecule has 1 heterocycles. The van der Waals surface area contributed by atoms with Crippen molar-refractivity contribution in [3.63, 3.8) is 0 Å². The van der Waals surface area contributed by atoms with E-state index in [9.17, 15) is 17.2 Å². The summed E-state index contributed by atoms with van der Waals surface area (Å²) in [7, 11) is -3.48. The SMILES string of the molecule is CS(=O)(=O)c1ccccc1-c1sc(Sc2cccc(F)c2)nc1-c1ccc(F)cc1. The van der Waals surface area contributed by atoms with Gasteiger partial charge in [-0.1, -0.05) is 36.0 Å². The van der Waals surface area contributed by atoms with Crippen molar-refractivity contribution in [1.82, 2.24) is 4.98 Å². The van der Waals surface area contributed by atoms with E-state index in [1.54, 1.807) is 48.5 Å². The van der Waals surface area contributed by atoms with Gasteiger partial charge >= 0.3 is 0 Å². The Balaban J connectivity index is 1.89. The standard InChI is InChI=1S/C22H15F2NO2S3/c1-30(26,27)19-8-3-2-7-18(19)21-20(14-9-11-15(23)12-10-14)25-22(29-21)28-17-6-4-5-16(24)13-17/h2-13H,1H3. The quantitative estimate of drug-likeness (QED) is 0.351. The number of halogens is 2. The van der Waals surface area contributed by atoms with E-state index in [1.807, 2.05) is 0 Å². The summed E-state index contributed by atoms with van der Waals surface area (Å²) in [4.78, 5) is 6.20. The fourth-order valence-corrected chi connectivity index (χ4v) is 6.12. The van der Waals surface area contributed by atoms with Gasteiger partial charge in [0.1, 0.15) is 11.6 Å². The molecule has 0 atom stereocenters. The van der Waals surface area contributed by atoms with Crippen LogP contribution in [0.5, 0.6) is 0 Å². The fourth-order valence-electron chi connectivity index (χ4n) is 2.94. The van der Waals surface area contributed by atoms with Gasteiger partial charge in [-0.2, -0.15) is 0 Å². The number of nitrogens with zero attached hydrogens (tertiary/aromatic N) is 1. The van der Waals surface area contributed by atoms with Gasteiger partial charge in [0.25, 0.3) is 0 Å². The maximum atomic E-state index is 13.6. The summed E-state index contributed by atoms with van der Waals surface area (Å²) in [6.07, 6.45) is 1.16. The molecule has 8 heteroatoms. The number of hydrogen-bond donors (Lipinski definition) is 0. The molecule has 0 aliphatic rings. The van der Waals surface area contributed by atoms with E-state index >= 15 is 0 Å². The molecule has 4 aromatic rings. The normalized spacial score (nSPS) is 11.6. The zero-order valence-corrected chi connectivity index (χ0v) is 18.1. The minimum absolute atomic E-state index is 0.194. The Morgan fingerprint density at radius 2 is 1.63 bits per heavy atom. The Bertz CT molecular complexity index is 1320. The summed E-state index contributed by atoms with van der Waals surface area (Å²) >= 11 is 2.60. The third-order valence-corrected chi connectivity index (χ3v) is 7.55. The maximum Gasteiger partial charge on any atom is 0.176 e. The molecule has 1 aromatic heterocycles. The van der Waals surface area contributed by atoms with Crippen LogP contribution in [0.1, 0.15) is 0 Å². The summed E-state index contributed by atoms with van der Waals surface area (Å²) in [5.74, 6) is -0.723. The molecule has 3 nitrogen and oxygen atoms in total. The van der Waals surface area contributed by atoms with E-state index in [4.69, 9.17) is 0 Å². The van der Waals surface area contributed by atoms with Crippen LogP contribution in [0.2, 0.25) is 0 Å². The monoisotopic (exact) mass is 459 g/mol. The van der Waals surface area contributed by atoms with Crippen molar-refractivity contribution in [3.8, 4) is 21.7 Å². The van der Waals surface area contributed by atoms with Gasteiger partial charge in [-0.3, -0.25) is 0 Å². The van der Waals surface area contributed by atoms with Crippen molar-refractivity contribution in [2.45, 2.75) is 14.1 Å². The number of aromatic nitrogens is 1. The second-order valence-electron chi connectivity index (χ2n) is 6.49. The lowest BCUT2D eigenvalue weighted by Gasteiger charge is -2.08. The molecule has 0 aliphatic heterocycles. The van der Waals surface area contributed by atoms with Crippen molar-refractivity contribution in [2.24, 2.45) is 0 Å². The highest BCUT2D eigenvalue weighted by Gasteiger charge is 2.21. The zero-order chi connectivity index (χ0) is 21.3. The average molecular weight is 460 g/mol. The van der Waals surface area contributed by atoms with Crippen LogP contribution in [-0.4, -0.2) is 19.7 Å². The van der Waals surface area contributed by atoms with Crippen molar-refractivity contribution in [3.05, 3.63) is 84.4 Å². The van der Waals surface area contributed by atoms with Crippen LogP contribution in [0.4, 0.5) is 8.78 Å². The van der Waals surface area contributed by atoms with Gasteiger partial charge in [-0.05, 0) is 48.5 Å². The van der Waals surface area contributed by atoms with Gasteiger partial charge in [-0.25, -0.2) is 22.2 Å². The van der Waals surface area contributed by atoms with Crippen molar-refractivity contribution in [2.75, 3.05) is 6.26 Å². The highest BCUT2D eigenvalue weighted by atomic mass is 32.2. The molecule has 0 saturated carbocycles. The smallest absolute Gasteiger partial charge is 0.176 e. The summed E-state index contributed by atoms with van der Waals surface area (Å²) < 4.78 is 52.3. The van der Waals surface area contributed by atoms with Gasteiger partial charge in [0.15, 0.2) is 14.2 Å². The Labute approximate surface area is 181 Å². The number of thiazole rings is 1. The first-order valence-electron chi connectivity index (χ1n) is 8.81. The molecule has 0 N–H and O–H groups in total. The molecular weight excluding hydrogens is 444 g/mol. The molecule has 0 unspecified atom stereocenters. The highest BCUT2D eigenvalue weighted by molar-refractivity contribution is 8.01. The molecule has 30 heavy (non-hydrogen) atoms. The third-order valence-electron chi connectivity index (χ3n) is 4.26. The second-order valence-corrected chi connectivity index (χ2v) is 10.8. The molecule has 0 bridgehead atoms. The largest absolute Gasteiger partial charge is 0.229 e. The van der Waals surface area contributed by atoms with E-state index < -0.39 is 9.84 Å². The minimum atomic E-state index is -3.48.